The summed E-state index contributed by atoms with van der Waals surface area (Å²) >= 11 is 2.28. The van der Waals surface area contributed by atoms with Crippen LogP contribution in [0.4, 0.5) is 10.6 Å². The van der Waals surface area contributed by atoms with Gasteiger partial charge in [0.25, 0.3) is 10.0 Å². The number of pyridine rings is 1. The van der Waals surface area contributed by atoms with Crippen molar-refractivity contribution in [2.45, 2.75) is 22.4 Å². The number of carbonyl (C=O) groups is 2. The van der Waals surface area contributed by atoms with Crippen LogP contribution in [0.2, 0.25) is 0 Å². The molecule has 2 aromatic heterocycles. The molecule has 0 radical (unpaired) electrons. The first-order valence-corrected chi connectivity index (χ1v) is 11.4. The Morgan fingerprint density at radius 3 is 2.59 bits per heavy atom. The van der Waals surface area contributed by atoms with Gasteiger partial charge in [-0.1, -0.05) is 0 Å². The first-order valence-electron chi connectivity index (χ1n) is 7.85. The van der Waals surface area contributed by atoms with E-state index in [9.17, 15) is 23.1 Å². The van der Waals surface area contributed by atoms with Gasteiger partial charge in [0.05, 0.1) is 18.3 Å². The number of hydrogen-bond donors (Lipinski definition) is 2. The number of thioether (sulfide) groups is 1. The second kappa shape index (κ2) is 11.3. The van der Waals surface area contributed by atoms with Crippen molar-refractivity contribution in [3.63, 3.8) is 0 Å². The van der Waals surface area contributed by atoms with Crippen molar-refractivity contribution >= 4 is 50.9 Å². The summed E-state index contributed by atoms with van der Waals surface area (Å²) in [5.74, 6) is -1.62. The van der Waals surface area contributed by atoms with E-state index in [1.165, 1.54) is 30.0 Å². The molecule has 0 atom stereocenters. The molecule has 0 aliphatic carbocycles. The number of nitrogens with zero attached hydrogens (tertiary/aromatic N) is 1. The van der Waals surface area contributed by atoms with E-state index in [1.54, 1.807) is 20.3 Å². The predicted octanol–water partition coefficient (Wildman–Crippen LogP) is -1.76. The molecule has 0 saturated carbocycles. The number of urea groups is 1. The number of ether oxygens (including phenoxy) is 1. The summed E-state index contributed by atoms with van der Waals surface area (Å²) in [6, 6.07) is 3.13. The van der Waals surface area contributed by atoms with E-state index < -0.39 is 22.0 Å². The normalized spacial score (nSPS) is 10.9. The molecular formula is C16H18N3NaO6S3. The quantitative estimate of drug-likeness (QED) is 0.344. The zero-order valence-corrected chi connectivity index (χ0v) is 20.7. The maximum Gasteiger partial charge on any atom is 1.00 e. The summed E-state index contributed by atoms with van der Waals surface area (Å²) in [5, 5.41) is 13.2. The monoisotopic (exact) mass is 467 g/mol. The van der Waals surface area contributed by atoms with Crippen molar-refractivity contribution in [3.8, 4) is 0 Å². The summed E-state index contributed by atoms with van der Waals surface area (Å²) < 4.78 is 31.8. The van der Waals surface area contributed by atoms with E-state index in [1.807, 2.05) is 4.72 Å². The van der Waals surface area contributed by atoms with Gasteiger partial charge >= 0.3 is 35.6 Å². The fraction of sp³-hybridized carbons (Fsp3) is 0.312. The van der Waals surface area contributed by atoms with Gasteiger partial charge < -0.3 is 14.6 Å². The molecule has 0 aliphatic rings. The maximum absolute atomic E-state index is 12.4. The van der Waals surface area contributed by atoms with E-state index in [4.69, 9.17) is 4.74 Å². The number of nitrogens with one attached hydrogen (secondary N) is 2. The standard InChI is InChI=1S/C16H19N3O6S3.Na/c1-9-6-14(27-12(9)4-5-25-2)28(23,24)19-16(22)18-13-8-10(26-3)7-11(17-13)15(20)21;/h6-8H,4-5H2,1-3H3,(H,20,21)(H2,17,18,19,22);/q;+1/p-1. The van der Waals surface area contributed by atoms with Gasteiger partial charge in [0, 0.05) is 23.3 Å². The Hall–Kier alpha value is -1.15. The number of anilines is 1. The van der Waals surface area contributed by atoms with Gasteiger partial charge in [0.1, 0.15) is 10.0 Å². The Kier molecular flexibility index (Phi) is 10.1. The first kappa shape index (κ1) is 25.9. The molecule has 0 fully saturated rings. The van der Waals surface area contributed by atoms with Crippen LogP contribution in [0.25, 0.3) is 0 Å². The Balaban J connectivity index is 0.00000420. The molecule has 13 heteroatoms. The molecular weight excluding hydrogens is 449 g/mol. The van der Waals surface area contributed by atoms with Gasteiger partial charge in [-0.15, -0.1) is 23.1 Å². The van der Waals surface area contributed by atoms with Gasteiger partial charge in [-0.25, -0.2) is 22.9 Å². The van der Waals surface area contributed by atoms with E-state index in [0.717, 1.165) is 21.8 Å². The molecule has 0 aromatic carbocycles. The molecule has 0 unspecified atom stereocenters. The van der Waals surface area contributed by atoms with E-state index in [0.29, 0.717) is 17.9 Å². The summed E-state index contributed by atoms with van der Waals surface area (Å²) in [7, 11) is -2.54. The van der Waals surface area contributed by atoms with Gasteiger partial charge in [-0.05, 0) is 36.9 Å². The van der Waals surface area contributed by atoms with Crippen LogP contribution in [0.15, 0.2) is 27.3 Å². The van der Waals surface area contributed by atoms with Crippen molar-refractivity contribution in [3.05, 3.63) is 34.3 Å². The van der Waals surface area contributed by atoms with Crippen molar-refractivity contribution in [2.24, 2.45) is 0 Å². The number of rotatable bonds is 8. The maximum atomic E-state index is 12.4. The molecule has 2 aromatic rings. The summed E-state index contributed by atoms with van der Waals surface area (Å²) in [6.07, 6.45) is 2.27. The van der Waals surface area contributed by atoms with Crippen LogP contribution in [-0.2, 0) is 21.2 Å². The number of aromatic nitrogens is 1. The SMILES string of the molecule is COCCc1sc(S(=O)(=O)NC(=O)Nc2cc(SC)cc(C(=O)[O-])n2)cc1C.[Na+]. The van der Waals surface area contributed by atoms with Crippen LogP contribution in [0.5, 0.6) is 0 Å². The smallest absolute Gasteiger partial charge is 0.543 e. The zero-order valence-electron chi connectivity index (χ0n) is 16.3. The third kappa shape index (κ3) is 7.24. The minimum absolute atomic E-state index is 0. The molecule has 9 nitrogen and oxygen atoms in total. The molecule has 2 amide bonds. The largest absolute Gasteiger partial charge is 1.00 e. The van der Waals surface area contributed by atoms with Crippen LogP contribution < -0.4 is 44.7 Å². The summed E-state index contributed by atoms with van der Waals surface area (Å²) in [6.45, 7) is 2.23. The number of methoxy groups -OCH3 is 1. The van der Waals surface area contributed by atoms with Crippen LogP contribution in [0.3, 0.4) is 0 Å². The summed E-state index contributed by atoms with van der Waals surface area (Å²) in [5.41, 5.74) is 0.414. The fourth-order valence-electron chi connectivity index (χ4n) is 2.17. The average Bonchev–Trinajstić information content (AvgIpc) is 3.00. The van der Waals surface area contributed by atoms with Gasteiger partial charge in [0.15, 0.2) is 0 Å². The minimum atomic E-state index is -4.09. The van der Waals surface area contributed by atoms with Crippen molar-refractivity contribution in [1.82, 2.24) is 9.71 Å². The van der Waals surface area contributed by atoms with Crippen molar-refractivity contribution in [1.29, 1.82) is 0 Å². The Morgan fingerprint density at radius 2 is 2.00 bits per heavy atom. The fourth-order valence-corrected chi connectivity index (χ4v) is 5.11. The van der Waals surface area contributed by atoms with Crippen LogP contribution in [0.1, 0.15) is 20.9 Å². The number of carboxylic acids is 1. The molecule has 0 saturated heterocycles. The van der Waals surface area contributed by atoms with E-state index in [2.05, 4.69) is 10.3 Å². The van der Waals surface area contributed by atoms with Crippen molar-refractivity contribution < 1.29 is 57.4 Å². The van der Waals surface area contributed by atoms with Crippen LogP contribution >= 0.6 is 23.1 Å². The number of carbonyl (C=O) groups excluding carboxylic acids is 2. The number of carboxylic acid groups (broad SMARTS) is 1. The molecule has 152 valence electrons. The van der Waals surface area contributed by atoms with E-state index in [-0.39, 0.29) is 45.3 Å². The molecule has 0 bridgehead atoms. The Morgan fingerprint density at radius 1 is 1.31 bits per heavy atom. The first-order chi connectivity index (χ1) is 13.2. The number of hydrogen-bond acceptors (Lipinski definition) is 9. The molecule has 29 heavy (non-hydrogen) atoms. The third-order valence-corrected chi connectivity index (χ3v) is 7.32. The molecule has 0 aliphatic heterocycles. The average molecular weight is 468 g/mol. The van der Waals surface area contributed by atoms with Gasteiger partial charge in [-0.3, -0.25) is 5.32 Å². The number of aryl methyl sites for hydroxylation is 1. The number of sulfonamides is 1. The number of amides is 2. The van der Waals surface area contributed by atoms with E-state index >= 15 is 0 Å². The number of thiophene rings is 1. The second-order valence-electron chi connectivity index (χ2n) is 5.54. The topological polar surface area (TPSA) is 138 Å². The molecule has 0 spiro atoms. The number of aromatic carboxylic acids is 1. The minimum Gasteiger partial charge on any atom is -0.543 e. The predicted molar refractivity (Wildman–Crippen MR) is 104 cm³/mol. The van der Waals surface area contributed by atoms with Gasteiger partial charge in [-0.2, -0.15) is 0 Å². The second-order valence-corrected chi connectivity index (χ2v) is 9.46. The Bertz CT molecular complexity index is 994. The third-order valence-electron chi connectivity index (χ3n) is 3.51. The molecule has 2 N–H and O–H groups in total. The molecule has 2 rings (SSSR count). The van der Waals surface area contributed by atoms with Gasteiger partial charge in [0.2, 0.25) is 0 Å². The molecule has 2 heterocycles. The summed E-state index contributed by atoms with van der Waals surface area (Å²) in [4.78, 5) is 28.2. The van der Waals surface area contributed by atoms with Crippen LogP contribution in [-0.4, -0.2) is 45.4 Å². The van der Waals surface area contributed by atoms with Crippen molar-refractivity contribution in [2.75, 3.05) is 25.3 Å². The zero-order chi connectivity index (χ0) is 20.9. The van der Waals surface area contributed by atoms with Crippen LogP contribution in [0, 0.1) is 6.92 Å². The Labute approximate surface area is 199 Å².